The number of hydrogen-bond acceptors (Lipinski definition) is 4. The second-order valence-corrected chi connectivity index (χ2v) is 8.33. The first kappa shape index (κ1) is 21.3. The van der Waals surface area contributed by atoms with Crippen LogP contribution in [0, 0.1) is 6.92 Å². The van der Waals surface area contributed by atoms with Gasteiger partial charge in [-0.2, -0.15) is 5.10 Å². The fraction of sp³-hybridized carbons (Fsp3) is 0.360. The standard InChI is InChI=1S/C25H31N5O/c1-20-24(18-26-30(20)19-22-6-4-3-5-7-22)25(31)27-23-10-8-21(9-11-23)12-13-29-16-14-28(2)15-17-29/h3-11,18H,12-17,19H2,1-2H3,(H,27,31). The fourth-order valence-electron chi connectivity index (χ4n) is 3.90. The zero-order chi connectivity index (χ0) is 21.6. The number of amides is 1. The van der Waals surface area contributed by atoms with Crippen molar-refractivity contribution in [1.82, 2.24) is 19.6 Å². The highest BCUT2D eigenvalue weighted by Gasteiger charge is 2.15. The molecule has 0 bridgehead atoms. The molecule has 1 aliphatic heterocycles. The summed E-state index contributed by atoms with van der Waals surface area (Å²) in [5, 5.41) is 7.41. The van der Waals surface area contributed by atoms with Crippen LogP contribution in [0.15, 0.2) is 60.8 Å². The molecule has 1 N–H and O–H groups in total. The van der Waals surface area contributed by atoms with Gasteiger partial charge in [-0.05, 0) is 43.7 Å². The van der Waals surface area contributed by atoms with Crippen molar-refractivity contribution in [2.45, 2.75) is 19.9 Å². The van der Waals surface area contributed by atoms with E-state index >= 15 is 0 Å². The van der Waals surface area contributed by atoms with Crippen molar-refractivity contribution in [3.8, 4) is 0 Å². The molecule has 31 heavy (non-hydrogen) atoms. The molecule has 0 saturated carbocycles. The summed E-state index contributed by atoms with van der Waals surface area (Å²) in [7, 11) is 2.18. The van der Waals surface area contributed by atoms with Crippen LogP contribution < -0.4 is 5.32 Å². The number of rotatable bonds is 7. The molecule has 0 unspecified atom stereocenters. The lowest BCUT2D eigenvalue weighted by Gasteiger charge is -2.32. The largest absolute Gasteiger partial charge is 0.322 e. The van der Waals surface area contributed by atoms with Crippen molar-refractivity contribution in [3.05, 3.63) is 83.2 Å². The molecule has 0 aliphatic carbocycles. The Bertz CT molecular complexity index is 989. The van der Waals surface area contributed by atoms with Crippen molar-refractivity contribution >= 4 is 11.6 Å². The third-order valence-corrected chi connectivity index (χ3v) is 6.05. The lowest BCUT2D eigenvalue weighted by Crippen LogP contribution is -2.45. The highest BCUT2D eigenvalue weighted by Crippen LogP contribution is 2.15. The molecule has 1 aromatic heterocycles. The van der Waals surface area contributed by atoms with E-state index in [2.05, 4.69) is 51.5 Å². The van der Waals surface area contributed by atoms with E-state index in [9.17, 15) is 4.79 Å². The first-order valence-corrected chi connectivity index (χ1v) is 11.0. The topological polar surface area (TPSA) is 53.4 Å². The van der Waals surface area contributed by atoms with Crippen molar-refractivity contribution < 1.29 is 4.79 Å². The number of hydrogen-bond donors (Lipinski definition) is 1. The van der Waals surface area contributed by atoms with Crippen LogP contribution >= 0.6 is 0 Å². The number of piperazine rings is 1. The predicted molar refractivity (Wildman–Crippen MR) is 125 cm³/mol. The fourth-order valence-corrected chi connectivity index (χ4v) is 3.90. The molecule has 0 radical (unpaired) electrons. The Morgan fingerprint density at radius 2 is 1.68 bits per heavy atom. The maximum absolute atomic E-state index is 12.8. The summed E-state index contributed by atoms with van der Waals surface area (Å²) in [5.41, 5.74) is 4.74. The number of carbonyl (C=O) groups is 1. The third-order valence-electron chi connectivity index (χ3n) is 6.05. The van der Waals surface area contributed by atoms with Gasteiger partial charge in [-0.25, -0.2) is 0 Å². The number of carbonyl (C=O) groups excluding carboxylic acids is 1. The molecular weight excluding hydrogens is 386 g/mol. The summed E-state index contributed by atoms with van der Waals surface area (Å²) in [4.78, 5) is 17.7. The second kappa shape index (κ2) is 9.90. The summed E-state index contributed by atoms with van der Waals surface area (Å²) in [6.45, 7) is 8.25. The van der Waals surface area contributed by atoms with Gasteiger partial charge >= 0.3 is 0 Å². The van der Waals surface area contributed by atoms with Crippen LogP contribution in [0.3, 0.4) is 0 Å². The Morgan fingerprint density at radius 1 is 0.968 bits per heavy atom. The summed E-state index contributed by atoms with van der Waals surface area (Å²) < 4.78 is 1.87. The van der Waals surface area contributed by atoms with Crippen LogP contribution in [0.25, 0.3) is 0 Å². The van der Waals surface area contributed by atoms with Crippen LogP contribution in [0.1, 0.15) is 27.2 Å². The molecule has 0 spiro atoms. The summed E-state index contributed by atoms with van der Waals surface area (Å²) in [6.07, 6.45) is 2.68. The zero-order valence-electron chi connectivity index (χ0n) is 18.4. The molecule has 6 heteroatoms. The second-order valence-electron chi connectivity index (χ2n) is 8.33. The lowest BCUT2D eigenvalue weighted by molar-refractivity contribution is 0.102. The first-order chi connectivity index (χ1) is 15.1. The minimum absolute atomic E-state index is 0.123. The quantitative estimate of drug-likeness (QED) is 0.641. The van der Waals surface area contributed by atoms with Crippen LogP contribution in [-0.4, -0.2) is 65.3 Å². The first-order valence-electron chi connectivity index (χ1n) is 11.0. The molecule has 1 saturated heterocycles. The molecular formula is C25H31N5O. The van der Waals surface area contributed by atoms with Crippen molar-refractivity contribution in [3.63, 3.8) is 0 Å². The van der Waals surface area contributed by atoms with E-state index in [1.165, 1.54) is 5.56 Å². The number of nitrogens with one attached hydrogen (secondary N) is 1. The van der Waals surface area contributed by atoms with Gasteiger partial charge < -0.3 is 15.1 Å². The molecule has 6 nitrogen and oxygen atoms in total. The number of likely N-dealkylation sites (N-methyl/N-ethyl adjacent to an activating group) is 1. The van der Waals surface area contributed by atoms with Crippen molar-refractivity contribution in [2.75, 3.05) is 45.1 Å². The smallest absolute Gasteiger partial charge is 0.259 e. The van der Waals surface area contributed by atoms with Gasteiger partial charge in [0, 0.05) is 44.1 Å². The van der Waals surface area contributed by atoms with Gasteiger partial charge in [0.05, 0.1) is 18.3 Å². The van der Waals surface area contributed by atoms with Gasteiger partial charge in [0.15, 0.2) is 0 Å². The van der Waals surface area contributed by atoms with Gasteiger partial charge in [-0.3, -0.25) is 9.48 Å². The number of aromatic nitrogens is 2. The van der Waals surface area contributed by atoms with Gasteiger partial charge in [0.25, 0.3) is 5.91 Å². The minimum Gasteiger partial charge on any atom is -0.322 e. The van der Waals surface area contributed by atoms with Crippen LogP contribution in [-0.2, 0) is 13.0 Å². The third kappa shape index (κ3) is 5.60. The zero-order valence-corrected chi connectivity index (χ0v) is 18.4. The van der Waals surface area contributed by atoms with E-state index in [0.29, 0.717) is 12.1 Å². The van der Waals surface area contributed by atoms with Crippen molar-refractivity contribution in [2.24, 2.45) is 0 Å². The molecule has 162 valence electrons. The highest BCUT2D eigenvalue weighted by atomic mass is 16.1. The Hall–Kier alpha value is -2.96. The number of anilines is 1. The number of nitrogens with zero attached hydrogens (tertiary/aromatic N) is 4. The van der Waals surface area contributed by atoms with E-state index in [0.717, 1.165) is 56.1 Å². The van der Waals surface area contributed by atoms with Gasteiger partial charge in [0.2, 0.25) is 0 Å². The van der Waals surface area contributed by atoms with Gasteiger partial charge in [-0.15, -0.1) is 0 Å². The maximum atomic E-state index is 12.8. The summed E-state index contributed by atoms with van der Waals surface area (Å²) in [6, 6.07) is 18.3. The highest BCUT2D eigenvalue weighted by molar-refractivity contribution is 6.04. The molecule has 1 fully saturated rings. The number of benzene rings is 2. The maximum Gasteiger partial charge on any atom is 0.259 e. The average Bonchev–Trinajstić information content (AvgIpc) is 3.15. The Labute approximate surface area is 184 Å². The predicted octanol–water partition coefficient (Wildman–Crippen LogP) is 3.28. The van der Waals surface area contributed by atoms with Gasteiger partial charge in [-0.1, -0.05) is 42.5 Å². The molecule has 0 atom stereocenters. The normalized spacial score (nSPS) is 15.2. The van der Waals surface area contributed by atoms with E-state index < -0.39 is 0 Å². The Morgan fingerprint density at radius 3 is 2.39 bits per heavy atom. The Balaban J connectivity index is 1.31. The SMILES string of the molecule is Cc1c(C(=O)Nc2ccc(CCN3CCN(C)CC3)cc2)cnn1Cc1ccccc1. The Kier molecular flexibility index (Phi) is 6.79. The molecule has 3 aromatic rings. The summed E-state index contributed by atoms with van der Waals surface area (Å²) in [5.74, 6) is -0.123. The molecule has 1 amide bonds. The minimum atomic E-state index is -0.123. The molecule has 2 aromatic carbocycles. The lowest BCUT2D eigenvalue weighted by atomic mass is 10.1. The monoisotopic (exact) mass is 417 g/mol. The van der Waals surface area contributed by atoms with Gasteiger partial charge in [0.1, 0.15) is 0 Å². The van der Waals surface area contributed by atoms with E-state index in [1.54, 1.807) is 6.20 Å². The molecule has 1 aliphatic rings. The van der Waals surface area contributed by atoms with Crippen LogP contribution in [0.4, 0.5) is 5.69 Å². The van der Waals surface area contributed by atoms with Crippen LogP contribution in [0.5, 0.6) is 0 Å². The van der Waals surface area contributed by atoms with E-state index in [4.69, 9.17) is 0 Å². The average molecular weight is 418 g/mol. The van der Waals surface area contributed by atoms with Crippen LogP contribution in [0.2, 0.25) is 0 Å². The van der Waals surface area contributed by atoms with E-state index in [-0.39, 0.29) is 5.91 Å². The summed E-state index contributed by atoms with van der Waals surface area (Å²) >= 11 is 0. The molecule has 4 rings (SSSR count). The van der Waals surface area contributed by atoms with Crippen molar-refractivity contribution in [1.29, 1.82) is 0 Å². The molecule has 2 heterocycles. The van der Waals surface area contributed by atoms with E-state index in [1.807, 2.05) is 41.9 Å².